The van der Waals surface area contributed by atoms with Crippen molar-refractivity contribution < 1.29 is 9.59 Å². The summed E-state index contributed by atoms with van der Waals surface area (Å²) in [5, 5.41) is 0. The fourth-order valence-corrected chi connectivity index (χ4v) is 2.01. The molecule has 0 spiro atoms. The highest BCUT2D eigenvalue weighted by Crippen LogP contribution is 2.27. The van der Waals surface area contributed by atoms with E-state index in [1.807, 2.05) is 38.1 Å². The van der Waals surface area contributed by atoms with Crippen LogP contribution in [-0.2, 0) is 0 Å². The molecular formula is C16H14O2. The summed E-state index contributed by atoms with van der Waals surface area (Å²) in [7, 11) is 0. The van der Waals surface area contributed by atoms with Crippen LogP contribution < -0.4 is 0 Å². The van der Waals surface area contributed by atoms with Crippen molar-refractivity contribution in [3.05, 3.63) is 58.7 Å². The Kier molecular flexibility index (Phi) is 3.38. The van der Waals surface area contributed by atoms with Crippen LogP contribution in [0.4, 0.5) is 0 Å². The summed E-state index contributed by atoms with van der Waals surface area (Å²) in [6.45, 7) is 3.93. The Morgan fingerprint density at radius 3 is 1.44 bits per heavy atom. The van der Waals surface area contributed by atoms with Crippen molar-refractivity contribution >= 4 is 12.6 Å². The molecule has 18 heavy (non-hydrogen) atoms. The molecule has 0 fully saturated rings. The van der Waals surface area contributed by atoms with Gasteiger partial charge in [-0.05, 0) is 25.0 Å². The van der Waals surface area contributed by atoms with E-state index >= 15 is 0 Å². The minimum Gasteiger partial charge on any atom is -0.298 e. The molecule has 0 unspecified atom stereocenters. The lowest BCUT2D eigenvalue weighted by Crippen LogP contribution is -1.94. The second-order valence-corrected chi connectivity index (χ2v) is 4.42. The maximum absolute atomic E-state index is 11.1. The normalized spacial score (nSPS) is 10.1. The lowest BCUT2D eigenvalue weighted by Gasteiger charge is -2.10. The number of carbonyl (C=O) groups excluding carboxylic acids is 2. The zero-order valence-electron chi connectivity index (χ0n) is 10.4. The molecule has 2 nitrogen and oxygen atoms in total. The van der Waals surface area contributed by atoms with Gasteiger partial charge in [0.2, 0.25) is 0 Å². The zero-order chi connectivity index (χ0) is 13.1. The van der Waals surface area contributed by atoms with E-state index in [-0.39, 0.29) is 0 Å². The van der Waals surface area contributed by atoms with E-state index in [1.54, 1.807) is 12.1 Å². The number of carbonyl (C=O) groups is 2. The monoisotopic (exact) mass is 238 g/mol. The van der Waals surface area contributed by atoms with Crippen molar-refractivity contribution in [2.24, 2.45) is 0 Å². The molecule has 2 aromatic carbocycles. The summed E-state index contributed by atoms with van der Waals surface area (Å²) >= 11 is 0. The smallest absolute Gasteiger partial charge is 0.150 e. The first-order valence-electron chi connectivity index (χ1n) is 5.77. The fraction of sp³-hybridized carbons (Fsp3) is 0.125. The predicted octanol–water partition coefficient (Wildman–Crippen LogP) is 3.60. The predicted molar refractivity (Wildman–Crippen MR) is 72.1 cm³/mol. The summed E-state index contributed by atoms with van der Waals surface area (Å²) in [6, 6.07) is 11.2. The first-order chi connectivity index (χ1) is 8.65. The van der Waals surface area contributed by atoms with Gasteiger partial charge >= 0.3 is 0 Å². The second kappa shape index (κ2) is 4.96. The van der Waals surface area contributed by atoms with Crippen LogP contribution in [0.15, 0.2) is 36.4 Å². The highest BCUT2D eigenvalue weighted by molar-refractivity contribution is 5.94. The third-order valence-electron chi connectivity index (χ3n) is 2.96. The van der Waals surface area contributed by atoms with Crippen LogP contribution in [0.1, 0.15) is 31.8 Å². The molecule has 0 aliphatic rings. The average Bonchev–Trinajstić information content (AvgIpc) is 2.38. The molecule has 0 radical (unpaired) electrons. The van der Waals surface area contributed by atoms with Gasteiger partial charge in [0.05, 0.1) is 0 Å². The minimum absolute atomic E-state index is 0.606. The van der Waals surface area contributed by atoms with Crippen molar-refractivity contribution in [3.63, 3.8) is 0 Å². The Bertz CT molecular complexity index is 557. The van der Waals surface area contributed by atoms with Gasteiger partial charge < -0.3 is 0 Å². The molecule has 0 aliphatic heterocycles. The summed E-state index contributed by atoms with van der Waals surface area (Å²) in [4.78, 5) is 22.2. The molecule has 0 saturated heterocycles. The standard InChI is InChI=1S/C16H14O2/c1-11-3-5-13(9-17)15(7-11)16-8-12(2)4-6-14(16)10-18/h3-10H,1-2H3. The SMILES string of the molecule is Cc1ccc(C=O)c(-c2cc(C)ccc2C=O)c1. The summed E-state index contributed by atoms with van der Waals surface area (Å²) < 4.78 is 0. The van der Waals surface area contributed by atoms with E-state index in [1.165, 1.54) is 0 Å². The maximum Gasteiger partial charge on any atom is 0.150 e. The Balaban J connectivity index is 2.74. The van der Waals surface area contributed by atoms with E-state index in [0.29, 0.717) is 11.1 Å². The number of benzene rings is 2. The second-order valence-electron chi connectivity index (χ2n) is 4.42. The van der Waals surface area contributed by atoms with Crippen molar-refractivity contribution in [3.8, 4) is 11.1 Å². The average molecular weight is 238 g/mol. The van der Waals surface area contributed by atoms with Crippen molar-refractivity contribution in [2.75, 3.05) is 0 Å². The fourth-order valence-electron chi connectivity index (χ4n) is 2.01. The van der Waals surface area contributed by atoms with E-state index < -0.39 is 0 Å². The van der Waals surface area contributed by atoms with E-state index in [9.17, 15) is 9.59 Å². The van der Waals surface area contributed by atoms with Crippen LogP contribution in [0.5, 0.6) is 0 Å². The van der Waals surface area contributed by atoms with Gasteiger partial charge in [-0.2, -0.15) is 0 Å². The topological polar surface area (TPSA) is 34.1 Å². The van der Waals surface area contributed by atoms with E-state index in [4.69, 9.17) is 0 Å². The quantitative estimate of drug-likeness (QED) is 0.766. The van der Waals surface area contributed by atoms with Crippen molar-refractivity contribution in [2.45, 2.75) is 13.8 Å². The summed E-state index contributed by atoms with van der Waals surface area (Å²) in [5.41, 5.74) is 4.97. The molecule has 2 heteroatoms. The minimum atomic E-state index is 0.606. The number of aryl methyl sites for hydroxylation is 2. The molecule has 0 bridgehead atoms. The third kappa shape index (κ3) is 2.23. The molecule has 0 aromatic heterocycles. The van der Waals surface area contributed by atoms with Gasteiger partial charge in [-0.25, -0.2) is 0 Å². The van der Waals surface area contributed by atoms with Gasteiger partial charge in [-0.15, -0.1) is 0 Å². The molecule has 0 saturated carbocycles. The van der Waals surface area contributed by atoms with Crippen LogP contribution in [0.3, 0.4) is 0 Å². The molecule has 0 aliphatic carbocycles. The van der Waals surface area contributed by atoms with Gasteiger partial charge in [0.1, 0.15) is 0 Å². The number of hydrogen-bond acceptors (Lipinski definition) is 2. The van der Waals surface area contributed by atoms with Crippen molar-refractivity contribution in [1.82, 2.24) is 0 Å². The largest absolute Gasteiger partial charge is 0.298 e. The van der Waals surface area contributed by atoms with Crippen LogP contribution >= 0.6 is 0 Å². The molecule has 90 valence electrons. The van der Waals surface area contributed by atoms with E-state index in [0.717, 1.165) is 34.8 Å². The summed E-state index contributed by atoms with van der Waals surface area (Å²) in [5.74, 6) is 0. The number of hydrogen-bond donors (Lipinski definition) is 0. The third-order valence-corrected chi connectivity index (χ3v) is 2.96. The maximum atomic E-state index is 11.1. The molecule has 2 aromatic rings. The molecule has 0 amide bonds. The number of rotatable bonds is 3. The van der Waals surface area contributed by atoms with Gasteiger partial charge in [0, 0.05) is 11.1 Å². The van der Waals surface area contributed by atoms with Gasteiger partial charge in [0.25, 0.3) is 0 Å². The molecular weight excluding hydrogens is 224 g/mol. The van der Waals surface area contributed by atoms with Crippen molar-refractivity contribution in [1.29, 1.82) is 0 Å². The first kappa shape index (κ1) is 12.2. The van der Waals surface area contributed by atoms with Crippen LogP contribution in [0.2, 0.25) is 0 Å². The van der Waals surface area contributed by atoms with Crippen LogP contribution in [-0.4, -0.2) is 12.6 Å². The molecule has 0 heterocycles. The highest BCUT2D eigenvalue weighted by Gasteiger charge is 2.09. The Morgan fingerprint density at radius 2 is 1.11 bits per heavy atom. The lowest BCUT2D eigenvalue weighted by molar-refractivity contribution is 0.111. The lowest BCUT2D eigenvalue weighted by atomic mass is 9.93. The molecule has 0 N–H and O–H groups in total. The Hall–Kier alpha value is -2.22. The van der Waals surface area contributed by atoms with Gasteiger partial charge in [-0.3, -0.25) is 9.59 Å². The van der Waals surface area contributed by atoms with Crippen LogP contribution in [0, 0.1) is 13.8 Å². The van der Waals surface area contributed by atoms with Gasteiger partial charge in [0.15, 0.2) is 12.6 Å². The van der Waals surface area contributed by atoms with E-state index in [2.05, 4.69) is 0 Å². The Morgan fingerprint density at radius 1 is 0.722 bits per heavy atom. The van der Waals surface area contributed by atoms with Crippen LogP contribution in [0.25, 0.3) is 11.1 Å². The zero-order valence-corrected chi connectivity index (χ0v) is 10.4. The van der Waals surface area contributed by atoms with Gasteiger partial charge in [-0.1, -0.05) is 47.5 Å². The molecule has 2 rings (SSSR count). The molecule has 0 atom stereocenters. The highest BCUT2D eigenvalue weighted by atomic mass is 16.1. The number of aldehydes is 2. The first-order valence-corrected chi connectivity index (χ1v) is 5.77. The summed E-state index contributed by atoms with van der Waals surface area (Å²) in [6.07, 6.45) is 1.65. The Labute approximate surface area is 106 Å².